The van der Waals surface area contributed by atoms with Gasteiger partial charge in [-0.15, -0.1) is 10.2 Å². The third kappa shape index (κ3) is 4.38. The number of sulfonamides is 1. The quantitative estimate of drug-likeness (QED) is 0.600. The molecule has 0 bridgehead atoms. The van der Waals surface area contributed by atoms with E-state index in [1.165, 1.54) is 41.2 Å². The molecule has 1 atom stereocenters. The van der Waals surface area contributed by atoms with Crippen molar-refractivity contribution in [1.82, 2.24) is 24.9 Å². The zero-order chi connectivity index (χ0) is 20.3. The van der Waals surface area contributed by atoms with Crippen LogP contribution in [0.25, 0.3) is 11.4 Å². The zero-order valence-electron chi connectivity index (χ0n) is 14.8. The number of rotatable bonds is 7. The summed E-state index contributed by atoms with van der Waals surface area (Å²) in [5, 5.41) is 12.3. The normalized spacial score (nSPS) is 12.6. The molecule has 146 valence electrons. The summed E-state index contributed by atoms with van der Waals surface area (Å²) >= 11 is 0. The molecule has 3 N–H and O–H groups in total. The average molecular weight is 404 g/mol. The molecule has 9 nitrogen and oxygen atoms in total. The Kier molecular flexibility index (Phi) is 5.47. The third-order valence-corrected chi connectivity index (χ3v) is 5.40. The molecule has 0 aliphatic rings. The number of nitrogens with zero attached hydrogens (tertiary/aromatic N) is 4. The van der Waals surface area contributed by atoms with E-state index in [0.29, 0.717) is 11.4 Å². The van der Waals surface area contributed by atoms with Crippen molar-refractivity contribution in [3.63, 3.8) is 0 Å². The molecular formula is C17H17FN6O3S. The Morgan fingerprint density at radius 2 is 1.82 bits per heavy atom. The molecule has 3 aromatic rings. The van der Waals surface area contributed by atoms with Gasteiger partial charge in [-0.25, -0.2) is 17.5 Å². The van der Waals surface area contributed by atoms with Crippen molar-refractivity contribution in [2.75, 3.05) is 6.54 Å². The van der Waals surface area contributed by atoms with Crippen molar-refractivity contribution in [2.24, 2.45) is 5.73 Å². The summed E-state index contributed by atoms with van der Waals surface area (Å²) in [6, 6.07) is 11.5. The molecule has 0 aliphatic carbocycles. The lowest BCUT2D eigenvalue weighted by atomic mass is 10.1. The van der Waals surface area contributed by atoms with Gasteiger partial charge in [-0.3, -0.25) is 4.79 Å². The first-order valence-electron chi connectivity index (χ1n) is 8.19. The summed E-state index contributed by atoms with van der Waals surface area (Å²) < 4.78 is 39.3. The van der Waals surface area contributed by atoms with Gasteiger partial charge in [-0.2, -0.15) is 4.80 Å². The summed E-state index contributed by atoms with van der Waals surface area (Å²) in [5.74, 6) is -0.803. The Labute approximate surface area is 160 Å². The van der Waals surface area contributed by atoms with Crippen molar-refractivity contribution in [3.8, 4) is 11.4 Å². The highest BCUT2D eigenvalue weighted by atomic mass is 32.2. The second-order valence-corrected chi connectivity index (χ2v) is 7.74. The minimum atomic E-state index is -3.85. The number of carbonyl (C=O) groups excluding carboxylic acids is 1. The van der Waals surface area contributed by atoms with E-state index >= 15 is 0 Å². The van der Waals surface area contributed by atoms with Crippen LogP contribution in [0.1, 0.15) is 18.5 Å². The minimum Gasteiger partial charge on any atom is -0.369 e. The SMILES string of the molecule is CC(c1ccc(F)cc1)n1nnc(-c2ccc(S(=O)(=O)NCC(N)=O)cc2)n1. The number of carbonyl (C=O) groups is 1. The van der Waals surface area contributed by atoms with Crippen molar-refractivity contribution in [3.05, 3.63) is 59.9 Å². The van der Waals surface area contributed by atoms with E-state index in [9.17, 15) is 17.6 Å². The second-order valence-electron chi connectivity index (χ2n) is 5.98. The van der Waals surface area contributed by atoms with Crippen LogP contribution in [-0.2, 0) is 14.8 Å². The number of hydrogen-bond acceptors (Lipinski definition) is 6. The Hall–Kier alpha value is -3.18. The molecule has 0 fully saturated rings. The van der Waals surface area contributed by atoms with Crippen LogP contribution in [0.4, 0.5) is 4.39 Å². The van der Waals surface area contributed by atoms with Crippen LogP contribution in [0.2, 0.25) is 0 Å². The lowest BCUT2D eigenvalue weighted by Gasteiger charge is -2.09. The first kappa shape index (κ1) is 19.6. The summed E-state index contributed by atoms with van der Waals surface area (Å²) in [7, 11) is -3.85. The highest BCUT2D eigenvalue weighted by Crippen LogP contribution is 2.20. The summed E-state index contributed by atoms with van der Waals surface area (Å²) in [6.45, 7) is 1.36. The largest absolute Gasteiger partial charge is 0.369 e. The van der Waals surface area contributed by atoms with E-state index in [1.807, 2.05) is 6.92 Å². The maximum Gasteiger partial charge on any atom is 0.241 e. The van der Waals surface area contributed by atoms with Crippen LogP contribution < -0.4 is 10.5 Å². The number of hydrogen-bond donors (Lipinski definition) is 2. The van der Waals surface area contributed by atoms with Gasteiger partial charge in [-0.05, 0) is 54.1 Å². The number of nitrogens with two attached hydrogens (primary N) is 1. The van der Waals surface area contributed by atoms with Gasteiger partial charge in [0, 0.05) is 5.56 Å². The van der Waals surface area contributed by atoms with Gasteiger partial charge >= 0.3 is 0 Å². The Balaban J connectivity index is 1.78. The fourth-order valence-electron chi connectivity index (χ4n) is 2.41. The van der Waals surface area contributed by atoms with Crippen LogP contribution in [0.5, 0.6) is 0 Å². The fraction of sp³-hybridized carbons (Fsp3) is 0.176. The number of amides is 1. The van der Waals surface area contributed by atoms with E-state index in [0.717, 1.165) is 5.56 Å². The summed E-state index contributed by atoms with van der Waals surface area (Å²) in [4.78, 5) is 12.1. The van der Waals surface area contributed by atoms with Gasteiger partial charge in [0.15, 0.2) is 0 Å². The van der Waals surface area contributed by atoms with Crippen molar-refractivity contribution in [2.45, 2.75) is 17.9 Å². The first-order chi connectivity index (χ1) is 13.3. The minimum absolute atomic E-state index is 0.0235. The van der Waals surface area contributed by atoms with Gasteiger partial charge in [0.25, 0.3) is 0 Å². The molecule has 28 heavy (non-hydrogen) atoms. The number of aromatic nitrogens is 4. The smallest absolute Gasteiger partial charge is 0.241 e. The van der Waals surface area contributed by atoms with Crippen LogP contribution in [-0.4, -0.2) is 41.1 Å². The van der Waals surface area contributed by atoms with Gasteiger partial charge in [0.05, 0.1) is 17.5 Å². The molecule has 11 heteroatoms. The Bertz CT molecular complexity index is 1080. The van der Waals surface area contributed by atoms with E-state index in [-0.39, 0.29) is 16.8 Å². The maximum absolute atomic E-state index is 13.1. The molecule has 0 saturated heterocycles. The number of benzene rings is 2. The number of halogens is 1. The number of primary amides is 1. The average Bonchev–Trinajstić information content (AvgIpc) is 3.17. The van der Waals surface area contributed by atoms with Crippen molar-refractivity contribution in [1.29, 1.82) is 0 Å². The maximum atomic E-state index is 13.1. The van der Waals surface area contributed by atoms with Gasteiger partial charge in [0.1, 0.15) is 5.82 Å². The zero-order valence-corrected chi connectivity index (χ0v) is 15.6. The summed E-state index contributed by atoms with van der Waals surface area (Å²) in [5.41, 5.74) is 6.32. The molecule has 2 aromatic carbocycles. The second kappa shape index (κ2) is 7.82. The van der Waals surface area contributed by atoms with Crippen LogP contribution in [0.3, 0.4) is 0 Å². The first-order valence-corrected chi connectivity index (χ1v) is 9.68. The number of nitrogens with one attached hydrogen (secondary N) is 1. The molecule has 1 aromatic heterocycles. The predicted octanol–water partition coefficient (Wildman–Crippen LogP) is 0.852. The topological polar surface area (TPSA) is 133 Å². The van der Waals surface area contributed by atoms with E-state index in [4.69, 9.17) is 5.73 Å². The van der Waals surface area contributed by atoms with Crippen molar-refractivity contribution < 1.29 is 17.6 Å². The standard InChI is InChI=1S/C17H17FN6O3S/c1-11(12-2-6-14(18)7-3-12)24-22-17(21-23-24)13-4-8-15(9-5-13)28(26,27)20-10-16(19)25/h2-9,11,20H,10H2,1H3,(H2,19,25). The third-order valence-electron chi connectivity index (χ3n) is 3.99. The molecule has 0 saturated carbocycles. The van der Waals surface area contributed by atoms with Crippen LogP contribution in [0.15, 0.2) is 53.4 Å². The fourth-order valence-corrected chi connectivity index (χ4v) is 3.41. The highest BCUT2D eigenvalue weighted by molar-refractivity contribution is 7.89. The molecule has 1 amide bonds. The lowest BCUT2D eigenvalue weighted by molar-refractivity contribution is -0.116. The Morgan fingerprint density at radius 1 is 1.18 bits per heavy atom. The Morgan fingerprint density at radius 3 is 2.43 bits per heavy atom. The number of tetrazole rings is 1. The van der Waals surface area contributed by atoms with E-state index in [1.54, 1.807) is 12.1 Å². The predicted molar refractivity (Wildman–Crippen MR) is 97.8 cm³/mol. The highest BCUT2D eigenvalue weighted by Gasteiger charge is 2.17. The molecular weight excluding hydrogens is 387 g/mol. The van der Waals surface area contributed by atoms with Crippen molar-refractivity contribution >= 4 is 15.9 Å². The molecule has 3 rings (SSSR count). The molecule has 0 aliphatic heterocycles. The lowest BCUT2D eigenvalue weighted by Crippen LogP contribution is -2.33. The monoisotopic (exact) mass is 404 g/mol. The van der Waals surface area contributed by atoms with Gasteiger partial charge in [-0.1, -0.05) is 12.1 Å². The van der Waals surface area contributed by atoms with Crippen LogP contribution in [0, 0.1) is 5.82 Å². The molecule has 1 heterocycles. The van der Waals surface area contributed by atoms with Gasteiger partial charge < -0.3 is 5.73 Å². The molecule has 1 unspecified atom stereocenters. The van der Waals surface area contributed by atoms with Gasteiger partial charge in [0.2, 0.25) is 21.8 Å². The molecule has 0 radical (unpaired) electrons. The summed E-state index contributed by atoms with van der Waals surface area (Å²) in [6.07, 6.45) is 0. The van der Waals surface area contributed by atoms with E-state index in [2.05, 4.69) is 20.1 Å². The molecule has 0 spiro atoms. The van der Waals surface area contributed by atoms with Crippen LogP contribution >= 0.6 is 0 Å². The van der Waals surface area contributed by atoms with E-state index < -0.39 is 22.5 Å².